The minimum atomic E-state index is -4.06. The summed E-state index contributed by atoms with van der Waals surface area (Å²) in [6, 6.07) is 11.0. The van der Waals surface area contributed by atoms with E-state index < -0.39 is 45.3 Å². The van der Waals surface area contributed by atoms with E-state index in [4.69, 9.17) is 9.47 Å². The van der Waals surface area contributed by atoms with E-state index in [1.54, 1.807) is 98.0 Å². The van der Waals surface area contributed by atoms with Crippen LogP contribution < -0.4 is 15.4 Å². The van der Waals surface area contributed by atoms with Gasteiger partial charge < -0.3 is 14.8 Å². The van der Waals surface area contributed by atoms with Crippen molar-refractivity contribution >= 4 is 50.8 Å². The minimum Gasteiger partial charge on any atom is -0.447 e. The van der Waals surface area contributed by atoms with Crippen molar-refractivity contribution in [2.24, 2.45) is 0 Å². The van der Waals surface area contributed by atoms with E-state index in [2.05, 4.69) is 20.3 Å². The first-order chi connectivity index (χ1) is 21.8. The van der Waals surface area contributed by atoms with Crippen LogP contribution in [0.5, 0.6) is 0 Å². The van der Waals surface area contributed by atoms with Crippen molar-refractivity contribution < 1.29 is 32.3 Å². The van der Waals surface area contributed by atoms with E-state index in [1.807, 2.05) is 0 Å². The van der Waals surface area contributed by atoms with Crippen molar-refractivity contribution in [3.63, 3.8) is 0 Å². The summed E-state index contributed by atoms with van der Waals surface area (Å²) in [6.45, 7) is 14.4. The van der Waals surface area contributed by atoms with E-state index >= 15 is 0 Å². The van der Waals surface area contributed by atoms with E-state index in [0.717, 1.165) is 5.56 Å². The van der Waals surface area contributed by atoms with Crippen LogP contribution in [-0.2, 0) is 24.3 Å². The van der Waals surface area contributed by atoms with Gasteiger partial charge in [0.1, 0.15) is 16.7 Å². The maximum Gasteiger partial charge on any atom is 0.411 e. The van der Waals surface area contributed by atoms with Gasteiger partial charge in [0.2, 0.25) is 15.9 Å². The summed E-state index contributed by atoms with van der Waals surface area (Å²) in [6.07, 6.45) is 1.34. The van der Waals surface area contributed by atoms with Crippen LogP contribution in [0.3, 0.4) is 0 Å². The zero-order valence-electron chi connectivity index (χ0n) is 28.0. The Kier molecular flexibility index (Phi) is 10.7. The number of benzene rings is 2. The molecule has 254 valence electrons. The van der Waals surface area contributed by atoms with Crippen LogP contribution in [0.15, 0.2) is 53.6 Å². The lowest BCUT2D eigenvalue weighted by atomic mass is 10.1. The molecule has 1 atom stereocenters. The number of sulfonamides is 1. The molecule has 14 heteroatoms. The van der Waals surface area contributed by atoms with Crippen molar-refractivity contribution in [1.29, 1.82) is 0 Å². The van der Waals surface area contributed by atoms with Crippen LogP contribution in [0, 0.1) is 0 Å². The summed E-state index contributed by atoms with van der Waals surface area (Å²) in [5.41, 5.74) is 0.532. The maximum absolute atomic E-state index is 13.7. The second kappa shape index (κ2) is 14.0. The molecule has 47 heavy (non-hydrogen) atoms. The van der Waals surface area contributed by atoms with Gasteiger partial charge in [0.05, 0.1) is 15.9 Å². The molecule has 2 heterocycles. The number of hydrogen-bond acceptors (Lipinski definition) is 9. The van der Waals surface area contributed by atoms with Gasteiger partial charge in [-0.25, -0.2) is 27.7 Å². The highest BCUT2D eigenvalue weighted by Gasteiger charge is 2.37. The lowest BCUT2D eigenvalue weighted by molar-refractivity contribution is -0.120. The third-order valence-electron chi connectivity index (χ3n) is 6.65. The standard InChI is InChI=1S/C33H43N5O7S2/c1-20(2)44-30(40)36-22-13-11-21(12-14-22)29-34-19-26(46-29)24-16-15-23(18-27(24)47(42,43)37-32(3,4)5)35-28(39)25-10-9-17-38(25)31(41)45-33(6,7)8/h11-16,18-20,25,37H,9-10,17H2,1-8H3,(H,35,39)(H,36,40)/t25-/m0/s1. The van der Waals surface area contributed by atoms with E-state index in [-0.39, 0.29) is 16.7 Å². The topological polar surface area (TPSA) is 156 Å². The molecule has 2 aromatic carbocycles. The summed E-state index contributed by atoms with van der Waals surface area (Å²) in [5.74, 6) is -0.427. The first-order valence-corrected chi connectivity index (χ1v) is 17.6. The normalized spacial score (nSPS) is 15.4. The Bertz CT molecular complexity index is 1720. The van der Waals surface area contributed by atoms with Crippen LogP contribution in [0.1, 0.15) is 68.2 Å². The van der Waals surface area contributed by atoms with Gasteiger partial charge in [-0.1, -0.05) is 6.07 Å². The van der Waals surface area contributed by atoms with Crippen LogP contribution in [0.2, 0.25) is 0 Å². The molecule has 3 N–H and O–H groups in total. The number of aromatic nitrogens is 1. The molecule has 1 aliphatic rings. The number of hydrogen-bond donors (Lipinski definition) is 3. The third-order valence-corrected chi connectivity index (χ3v) is 9.53. The predicted octanol–water partition coefficient (Wildman–Crippen LogP) is 6.85. The Morgan fingerprint density at radius 2 is 1.64 bits per heavy atom. The van der Waals surface area contributed by atoms with E-state index in [9.17, 15) is 22.8 Å². The van der Waals surface area contributed by atoms with Crippen LogP contribution >= 0.6 is 11.3 Å². The molecule has 0 saturated carbocycles. The minimum absolute atomic E-state index is 0.0286. The number of carbonyl (C=O) groups is 3. The summed E-state index contributed by atoms with van der Waals surface area (Å²) >= 11 is 1.30. The number of carbonyl (C=O) groups excluding carboxylic acids is 3. The Labute approximate surface area is 280 Å². The Morgan fingerprint density at radius 1 is 0.979 bits per heavy atom. The average Bonchev–Trinajstić information content (AvgIpc) is 3.62. The lowest BCUT2D eigenvalue weighted by Crippen LogP contribution is -2.45. The van der Waals surface area contributed by atoms with Gasteiger partial charge in [-0.3, -0.25) is 15.0 Å². The highest BCUT2D eigenvalue weighted by molar-refractivity contribution is 7.89. The van der Waals surface area contributed by atoms with Gasteiger partial charge in [-0.05, 0) is 105 Å². The zero-order chi connectivity index (χ0) is 34.7. The van der Waals surface area contributed by atoms with Crippen LogP contribution in [0.4, 0.5) is 21.0 Å². The number of ether oxygens (including phenoxy) is 2. The number of rotatable bonds is 8. The maximum atomic E-state index is 13.7. The Hall–Kier alpha value is -4.01. The number of likely N-dealkylation sites (tertiary alicyclic amines) is 1. The van der Waals surface area contributed by atoms with Gasteiger partial charge in [-0.2, -0.15) is 0 Å². The first kappa shape index (κ1) is 35.8. The van der Waals surface area contributed by atoms with Gasteiger partial charge >= 0.3 is 12.2 Å². The highest BCUT2D eigenvalue weighted by Crippen LogP contribution is 2.37. The fourth-order valence-electron chi connectivity index (χ4n) is 4.88. The largest absolute Gasteiger partial charge is 0.447 e. The van der Waals surface area contributed by atoms with Crippen molar-refractivity contribution in [2.75, 3.05) is 17.2 Å². The van der Waals surface area contributed by atoms with Gasteiger partial charge in [0.25, 0.3) is 0 Å². The number of amides is 3. The van der Waals surface area contributed by atoms with Crippen LogP contribution in [-0.4, -0.2) is 66.2 Å². The van der Waals surface area contributed by atoms with Gasteiger partial charge in [0.15, 0.2) is 0 Å². The predicted molar refractivity (Wildman–Crippen MR) is 183 cm³/mol. The molecule has 3 amide bonds. The molecule has 0 unspecified atom stereocenters. The number of nitrogens with zero attached hydrogens (tertiary/aromatic N) is 2. The molecule has 1 saturated heterocycles. The molecular formula is C33H43N5O7S2. The Morgan fingerprint density at radius 3 is 2.26 bits per heavy atom. The first-order valence-electron chi connectivity index (χ1n) is 15.3. The molecule has 1 aliphatic heterocycles. The molecule has 1 fully saturated rings. The molecule has 0 aliphatic carbocycles. The van der Waals surface area contributed by atoms with E-state index in [0.29, 0.717) is 40.5 Å². The van der Waals surface area contributed by atoms with Gasteiger partial charge in [0, 0.05) is 40.8 Å². The van der Waals surface area contributed by atoms with Crippen molar-refractivity contribution in [3.05, 3.63) is 48.7 Å². The fraction of sp³-hybridized carbons (Fsp3) is 0.455. The fourth-order valence-corrected chi connectivity index (χ4v) is 7.57. The number of thiazole rings is 1. The monoisotopic (exact) mass is 685 g/mol. The van der Waals surface area contributed by atoms with Crippen LogP contribution in [0.25, 0.3) is 21.0 Å². The zero-order valence-corrected chi connectivity index (χ0v) is 29.6. The van der Waals surface area contributed by atoms with Crippen molar-refractivity contribution in [2.45, 2.75) is 96.4 Å². The highest BCUT2D eigenvalue weighted by atomic mass is 32.2. The molecule has 1 aromatic heterocycles. The van der Waals surface area contributed by atoms with E-state index in [1.165, 1.54) is 22.3 Å². The summed E-state index contributed by atoms with van der Waals surface area (Å²) in [7, 11) is -4.06. The Balaban J connectivity index is 1.61. The third kappa shape index (κ3) is 9.75. The van der Waals surface area contributed by atoms with Crippen molar-refractivity contribution in [3.8, 4) is 21.0 Å². The average molecular weight is 686 g/mol. The SMILES string of the molecule is CC(C)OC(=O)Nc1ccc(-c2ncc(-c3ccc(NC(=O)[C@@H]4CCCN4C(=O)OC(C)(C)C)cc3S(=O)(=O)NC(C)(C)C)s2)cc1. The van der Waals surface area contributed by atoms with Crippen molar-refractivity contribution in [1.82, 2.24) is 14.6 Å². The van der Waals surface area contributed by atoms with Gasteiger partial charge in [-0.15, -0.1) is 11.3 Å². The molecule has 3 aromatic rings. The smallest absolute Gasteiger partial charge is 0.411 e. The number of anilines is 2. The molecule has 0 radical (unpaired) electrons. The number of nitrogens with one attached hydrogen (secondary N) is 3. The second-order valence-electron chi connectivity index (χ2n) is 13.6. The lowest BCUT2D eigenvalue weighted by Gasteiger charge is -2.28. The summed E-state index contributed by atoms with van der Waals surface area (Å²) < 4.78 is 40.8. The molecule has 0 bridgehead atoms. The second-order valence-corrected chi connectivity index (χ2v) is 16.3. The molecule has 4 rings (SSSR count). The molecule has 12 nitrogen and oxygen atoms in total. The molecule has 0 spiro atoms. The molecular weight excluding hydrogens is 643 g/mol. The summed E-state index contributed by atoms with van der Waals surface area (Å²) in [5, 5.41) is 6.13. The quantitative estimate of drug-likeness (QED) is 0.233. The summed E-state index contributed by atoms with van der Waals surface area (Å²) in [4.78, 5) is 44.6.